The van der Waals surface area contributed by atoms with E-state index >= 15 is 0 Å². The number of rotatable bonds is 4. The Hall–Kier alpha value is -2.48. The smallest absolute Gasteiger partial charge is 0.132 e. The Morgan fingerprint density at radius 3 is 2.74 bits per heavy atom. The van der Waals surface area contributed by atoms with Gasteiger partial charge < -0.3 is 14.5 Å². The Morgan fingerprint density at radius 1 is 1.32 bits per heavy atom. The van der Waals surface area contributed by atoms with E-state index < -0.39 is 0 Å². The van der Waals surface area contributed by atoms with Crippen molar-refractivity contribution in [1.29, 1.82) is 5.26 Å². The average Bonchev–Trinajstić information content (AvgIpc) is 2.79. The molecule has 1 N–H and O–H groups in total. The molecule has 5 heteroatoms. The van der Waals surface area contributed by atoms with Crippen molar-refractivity contribution in [3.8, 4) is 28.8 Å². The Bertz CT molecular complexity index is 626. The topological polar surface area (TPSA) is 70.9 Å². The normalized spacial score (nSPS) is 10.0. The van der Waals surface area contributed by atoms with Crippen molar-refractivity contribution in [3.05, 3.63) is 29.7 Å². The second-order valence-electron chi connectivity index (χ2n) is 4.06. The maximum absolute atomic E-state index is 8.71. The molecule has 0 radical (unpaired) electrons. The zero-order valence-electron chi connectivity index (χ0n) is 11.2. The first-order valence-electron chi connectivity index (χ1n) is 5.84. The molecule has 0 atom stereocenters. The zero-order chi connectivity index (χ0) is 13.8. The molecule has 0 amide bonds. The van der Waals surface area contributed by atoms with Crippen molar-refractivity contribution in [2.24, 2.45) is 0 Å². The highest BCUT2D eigenvalue weighted by Crippen LogP contribution is 2.33. The van der Waals surface area contributed by atoms with E-state index in [1.165, 1.54) is 0 Å². The summed E-state index contributed by atoms with van der Waals surface area (Å²) in [6, 6.07) is 7.65. The molecule has 0 aliphatic rings. The van der Waals surface area contributed by atoms with Crippen LogP contribution in [0.2, 0.25) is 0 Å². The Balaban J connectivity index is 2.49. The highest BCUT2D eigenvalue weighted by molar-refractivity contribution is 5.70. The van der Waals surface area contributed by atoms with Gasteiger partial charge in [-0.1, -0.05) is 0 Å². The van der Waals surface area contributed by atoms with E-state index in [0.29, 0.717) is 11.6 Å². The first-order chi connectivity index (χ1) is 9.19. The number of aromatic amines is 1. The molecule has 0 aliphatic carbocycles. The number of nitrogens with one attached hydrogen (secondary N) is 1. The van der Waals surface area contributed by atoms with E-state index in [9.17, 15) is 0 Å². The second kappa shape index (κ2) is 5.44. The van der Waals surface area contributed by atoms with Crippen molar-refractivity contribution < 1.29 is 9.47 Å². The summed E-state index contributed by atoms with van der Waals surface area (Å²) < 4.78 is 10.5. The molecule has 0 fully saturated rings. The second-order valence-corrected chi connectivity index (χ2v) is 4.06. The zero-order valence-corrected chi connectivity index (χ0v) is 11.2. The summed E-state index contributed by atoms with van der Waals surface area (Å²) >= 11 is 0. The predicted molar refractivity (Wildman–Crippen MR) is 71.2 cm³/mol. The van der Waals surface area contributed by atoms with Crippen molar-refractivity contribution in [2.75, 3.05) is 14.2 Å². The Kier molecular flexibility index (Phi) is 3.71. The van der Waals surface area contributed by atoms with Gasteiger partial charge in [-0.15, -0.1) is 0 Å². The van der Waals surface area contributed by atoms with Crippen molar-refractivity contribution in [1.82, 2.24) is 9.97 Å². The number of ether oxygens (including phenoxy) is 2. The lowest BCUT2D eigenvalue weighted by molar-refractivity contribution is 0.395. The van der Waals surface area contributed by atoms with Crippen LogP contribution in [0.25, 0.3) is 11.3 Å². The van der Waals surface area contributed by atoms with E-state index in [0.717, 1.165) is 22.7 Å². The van der Waals surface area contributed by atoms with Crippen molar-refractivity contribution in [2.45, 2.75) is 13.3 Å². The number of aromatic nitrogens is 2. The first kappa shape index (κ1) is 13.0. The minimum atomic E-state index is 0.263. The number of hydrogen-bond donors (Lipinski definition) is 1. The molecular formula is C14H15N3O2. The minimum absolute atomic E-state index is 0.263. The van der Waals surface area contributed by atoms with Crippen molar-refractivity contribution >= 4 is 0 Å². The van der Waals surface area contributed by atoms with E-state index in [2.05, 4.69) is 16.0 Å². The molecule has 19 heavy (non-hydrogen) atoms. The third kappa shape index (κ3) is 2.52. The fourth-order valence-corrected chi connectivity index (χ4v) is 1.94. The molecule has 1 heterocycles. The van der Waals surface area contributed by atoms with Crippen LogP contribution in [0.4, 0.5) is 0 Å². The molecule has 0 spiro atoms. The summed E-state index contributed by atoms with van der Waals surface area (Å²) in [5, 5.41) is 8.71. The van der Waals surface area contributed by atoms with E-state index in [-0.39, 0.29) is 6.42 Å². The monoisotopic (exact) mass is 257 g/mol. The van der Waals surface area contributed by atoms with Gasteiger partial charge in [-0.3, -0.25) is 0 Å². The fourth-order valence-electron chi connectivity index (χ4n) is 1.94. The summed E-state index contributed by atoms with van der Waals surface area (Å²) in [5.74, 6) is 2.08. The van der Waals surface area contributed by atoms with Gasteiger partial charge >= 0.3 is 0 Å². The number of nitrogens with zero attached hydrogens (tertiary/aromatic N) is 2. The highest BCUT2D eigenvalue weighted by Gasteiger charge is 2.14. The molecule has 2 aromatic rings. The third-order valence-corrected chi connectivity index (χ3v) is 2.84. The minimum Gasteiger partial charge on any atom is -0.497 e. The predicted octanol–water partition coefficient (Wildman–Crippen LogP) is 2.47. The number of hydrogen-bond acceptors (Lipinski definition) is 4. The maximum Gasteiger partial charge on any atom is 0.132 e. The third-order valence-electron chi connectivity index (χ3n) is 2.84. The lowest BCUT2D eigenvalue weighted by Crippen LogP contribution is -1.92. The molecule has 1 aromatic carbocycles. The number of benzene rings is 1. The van der Waals surface area contributed by atoms with Crippen LogP contribution in [0.5, 0.6) is 11.5 Å². The molecule has 0 bridgehead atoms. The van der Waals surface area contributed by atoms with E-state index in [4.69, 9.17) is 14.7 Å². The number of methoxy groups -OCH3 is 2. The summed E-state index contributed by atoms with van der Waals surface area (Å²) in [6.07, 6.45) is 0.263. The van der Waals surface area contributed by atoms with Crippen molar-refractivity contribution in [3.63, 3.8) is 0 Å². The molecule has 0 saturated carbocycles. The molecule has 98 valence electrons. The quantitative estimate of drug-likeness (QED) is 0.913. The van der Waals surface area contributed by atoms with Crippen LogP contribution in [0.3, 0.4) is 0 Å². The van der Waals surface area contributed by atoms with Gasteiger partial charge in [-0.2, -0.15) is 5.26 Å². The van der Waals surface area contributed by atoms with Crippen LogP contribution < -0.4 is 9.47 Å². The largest absolute Gasteiger partial charge is 0.497 e. The van der Waals surface area contributed by atoms with Gasteiger partial charge in [0.25, 0.3) is 0 Å². The molecule has 1 aromatic heterocycles. The van der Waals surface area contributed by atoms with Gasteiger partial charge in [0.15, 0.2) is 0 Å². The average molecular weight is 257 g/mol. The Morgan fingerprint density at radius 2 is 2.11 bits per heavy atom. The number of H-pyrrole nitrogens is 1. The molecule has 2 rings (SSSR count). The molecule has 0 aliphatic heterocycles. The van der Waals surface area contributed by atoms with Crippen LogP contribution in [0.15, 0.2) is 18.2 Å². The molecule has 0 unspecified atom stereocenters. The number of aryl methyl sites for hydroxylation is 1. The van der Waals surface area contributed by atoms with Gasteiger partial charge in [0, 0.05) is 17.3 Å². The number of nitriles is 1. The van der Waals surface area contributed by atoms with Gasteiger partial charge in [0.2, 0.25) is 0 Å². The summed E-state index contributed by atoms with van der Waals surface area (Å²) in [7, 11) is 3.22. The van der Waals surface area contributed by atoms with E-state index in [1.54, 1.807) is 14.2 Å². The fraction of sp³-hybridized carbons (Fsp3) is 0.286. The van der Waals surface area contributed by atoms with Crippen LogP contribution >= 0.6 is 0 Å². The van der Waals surface area contributed by atoms with E-state index in [1.807, 2.05) is 25.1 Å². The van der Waals surface area contributed by atoms with Crippen LogP contribution in [-0.2, 0) is 6.42 Å². The molecule has 5 nitrogen and oxygen atoms in total. The van der Waals surface area contributed by atoms with Gasteiger partial charge in [-0.05, 0) is 19.1 Å². The number of imidazole rings is 1. The first-order valence-corrected chi connectivity index (χ1v) is 5.84. The summed E-state index contributed by atoms with van der Waals surface area (Å²) in [5.41, 5.74) is 2.58. The maximum atomic E-state index is 8.71. The molecular weight excluding hydrogens is 242 g/mol. The molecule has 0 saturated heterocycles. The van der Waals surface area contributed by atoms with Crippen LogP contribution in [0, 0.1) is 18.3 Å². The van der Waals surface area contributed by atoms with Crippen LogP contribution in [0.1, 0.15) is 11.5 Å². The lowest BCUT2D eigenvalue weighted by Gasteiger charge is -2.09. The van der Waals surface area contributed by atoms with Gasteiger partial charge in [0.1, 0.15) is 17.3 Å². The summed E-state index contributed by atoms with van der Waals surface area (Å²) in [6.45, 7) is 1.92. The van der Waals surface area contributed by atoms with Gasteiger partial charge in [0.05, 0.1) is 32.4 Å². The lowest BCUT2D eigenvalue weighted by atomic mass is 10.1. The van der Waals surface area contributed by atoms with Crippen LogP contribution in [-0.4, -0.2) is 24.2 Å². The van der Waals surface area contributed by atoms with Gasteiger partial charge in [-0.25, -0.2) is 4.98 Å². The Labute approximate surface area is 111 Å². The highest BCUT2D eigenvalue weighted by atomic mass is 16.5. The standard InChI is InChI=1S/C14H15N3O2/c1-9-14(17-13(16-9)6-7-15)11-5-4-10(18-2)8-12(11)19-3/h4-5,8H,6H2,1-3H3,(H,16,17). The summed E-state index contributed by atoms with van der Waals surface area (Å²) in [4.78, 5) is 7.54. The SMILES string of the molecule is COc1ccc(-c2nc(CC#N)[nH]c2C)c(OC)c1.